The van der Waals surface area contributed by atoms with E-state index in [1.54, 1.807) is 11.3 Å². The Morgan fingerprint density at radius 3 is 2.95 bits per heavy atom. The van der Waals surface area contributed by atoms with Crippen LogP contribution in [0.1, 0.15) is 11.4 Å². The first-order valence-electron chi connectivity index (χ1n) is 6.99. The zero-order valence-electron chi connectivity index (χ0n) is 11.6. The Morgan fingerprint density at radius 1 is 1.33 bits per heavy atom. The van der Waals surface area contributed by atoms with Crippen molar-refractivity contribution in [1.82, 2.24) is 15.6 Å². The van der Waals surface area contributed by atoms with Gasteiger partial charge in [-0.25, -0.2) is 4.98 Å². The number of hydrogen-bond donors (Lipinski definition) is 2. The molecule has 5 heteroatoms. The van der Waals surface area contributed by atoms with Crippen molar-refractivity contribution in [3.05, 3.63) is 53.7 Å². The summed E-state index contributed by atoms with van der Waals surface area (Å²) in [5, 5.41) is 7.04. The Morgan fingerprint density at radius 2 is 2.19 bits per heavy atom. The summed E-state index contributed by atoms with van der Waals surface area (Å²) >= 11 is 1.61. The van der Waals surface area contributed by atoms with Crippen molar-refractivity contribution in [2.24, 2.45) is 0 Å². The monoisotopic (exact) mass is 299 g/mol. The highest BCUT2D eigenvalue weighted by molar-refractivity contribution is 7.15. The van der Waals surface area contributed by atoms with E-state index >= 15 is 0 Å². The highest BCUT2D eigenvalue weighted by Gasteiger charge is 2.17. The van der Waals surface area contributed by atoms with Crippen LogP contribution >= 0.6 is 11.3 Å². The van der Waals surface area contributed by atoms with Crippen molar-refractivity contribution >= 4 is 17.2 Å². The largest absolute Gasteiger partial charge is 0.348 e. The van der Waals surface area contributed by atoms with Gasteiger partial charge in [-0.1, -0.05) is 42.5 Å². The number of amides is 1. The van der Waals surface area contributed by atoms with Crippen molar-refractivity contribution in [3.63, 3.8) is 0 Å². The smallest absolute Gasteiger partial charge is 0.237 e. The second-order valence-corrected chi connectivity index (χ2v) is 5.99. The minimum atomic E-state index is -0.122. The Bertz CT molecular complexity index is 636. The standard InChI is InChI=1S/C16H17N3OS/c20-16(13-8-4-5-9-17-13)19-11-15-18-10-14(21-15)12-6-2-1-3-7-12/h1-7,10,13,17H,8-9,11H2,(H,19,20). The van der Waals surface area contributed by atoms with Crippen LogP contribution in [0.25, 0.3) is 10.4 Å². The van der Waals surface area contributed by atoms with Gasteiger partial charge in [0.25, 0.3) is 0 Å². The molecule has 0 saturated carbocycles. The van der Waals surface area contributed by atoms with Crippen molar-refractivity contribution < 1.29 is 4.79 Å². The molecule has 1 amide bonds. The third kappa shape index (κ3) is 3.56. The van der Waals surface area contributed by atoms with Crippen LogP contribution in [0, 0.1) is 0 Å². The second-order valence-electron chi connectivity index (χ2n) is 4.87. The summed E-state index contributed by atoms with van der Waals surface area (Å²) < 4.78 is 0. The molecule has 1 aromatic heterocycles. The SMILES string of the molecule is O=C(NCc1ncc(-c2ccccc2)s1)C1CC=CCN1. The van der Waals surface area contributed by atoms with Gasteiger partial charge in [-0.15, -0.1) is 11.3 Å². The van der Waals surface area contributed by atoms with Crippen LogP contribution < -0.4 is 10.6 Å². The summed E-state index contributed by atoms with van der Waals surface area (Å²) in [7, 11) is 0. The number of carbonyl (C=O) groups is 1. The first kappa shape index (κ1) is 14.0. The fourth-order valence-corrected chi connectivity index (χ4v) is 3.09. The number of nitrogens with one attached hydrogen (secondary N) is 2. The van der Waals surface area contributed by atoms with Crippen molar-refractivity contribution in [3.8, 4) is 10.4 Å². The summed E-state index contributed by atoms with van der Waals surface area (Å²) in [4.78, 5) is 17.5. The van der Waals surface area contributed by atoms with Gasteiger partial charge >= 0.3 is 0 Å². The number of benzene rings is 1. The molecule has 0 bridgehead atoms. The molecule has 21 heavy (non-hydrogen) atoms. The molecule has 1 aliphatic heterocycles. The number of nitrogens with zero attached hydrogens (tertiary/aromatic N) is 1. The van der Waals surface area contributed by atoms with E-state index in [9.17, 15) is 4.79 Å². The molecule has 2 aromatic rings. The van der Waals surface area contributed by atoms with E-state index in [4.69, 9.17) is 0 Å². The average molecular weight is 299 g/mol. The molecule has 1 aliphatic rings. The van der Waals surface area contributed by atoms with Crippen LogP contribution in [0.15, 0.2) is 48.7 Å². The molecule has 0 aliphatic carbocycles. The number of carbonyl (C=O) groups excluding carboxylic acids is 1. The van der Waals surface area contributed by atoms with Gasteiger partial charge < -0.3 is 10.6 Å². The summed E-state index contributed by atoms with van der Waals surface area (Å²) in [5.74, 6) is 0.0378. The summed E-state index contributed by atoms with van der Waals surface area (Å²) in [6.45, 7) is 1.24. The van der Waals surface area contributed by atoms with Gasteiger partial charge in [0.1, 0.15) is 5.01 Å². The fraction of sp³-hybridized carbons (Fsp3) is 0.250. The van der Waals surface area contributed by atoms with Crippen molar-refractivity contribution in [1.29, 1.82) is 0 Å². The third-order valence-electron chi connectivity index (χ3n) is 3.36. The molecule has 2 N–H and O–H groups in total. The highest BCUT2D eigenvalue weighted by Crippen LogP contribution is 2.25. The van der Waals surface area contributed by atoms with Crippen LogP contribution in [0.2, 0.25) is 0 Å². The topological polar surface area (TPSA) is 54.0 Å². The second kappa shape index (κ2) is 6.65. The molecule has 1 aromatic carbocycles. The zero-order valence-corrected chi connectivity index (χ0v) is 12.4. The highest BCUT2D eigenvalue weighted by atomic mass is 32.1. The third-order valence-corrected chi connectivity index (χ3v) is 4.41. The van der Waals surface area contributed by atoms with Gasteiger partial charge in [0.15, 0.2) is 0 Å². The maximum absolute atomic E-state index is 12.0. The van der Waals surface area contributed by atoms with E-state index < -0.39 is 0 Å². The van der Waals surface area contributed by atoms with E-state index in [1.807, 2.05) is 36.5 Å². The van der Waals surface area contributed by atoms with Gasteiger partial charge in [0.05, 0.1) is 17.5 Å². The Kier molecular flexibility index (Phi) is 4.43. The molecule has 1 unspecified atom stereocenters. The quantitative estimate of drug-likeness (QED) is 0.852. The molecule has 4 nitrogen and oxygen atoms in total. The van der Waals surface area contributed by atoms with E-state index in [2.05, 4.69) is 27.8 Å². The number of thiazole rings is 1. The first-order chi connectivity index (χ1) is 10.3. The first-order valence-corrected chi connectivity index (χ1v) is 7.81. The minimum absolute atomic E-state index is 0.0378. The molecule has 2 heterocycles. The van der Waals surface area contributed by atoms with E-state index in [1.165, 1.54) is 0 Å². The van der Waals surface area contributed by atoms with Gasteiger partial charge in [-0.05, 0) is 12.0 Å². The Balaban J connectivity index is 1.58. The Hall–Kier alpha value is -1.98. The van der Waals surface area contributed by atoms with Crippen molar-refractivity contribution in [2.75, 3.05) is 6.54 Å². The summed E-state index contributed by atoms with van der Waals surface area (Å²) in [6, 6.07) is 10.0. The van der Waals surface area contributed by atoms with Crippen LogP contribution in [0.3, 0.4) is 0 Å². The molecule has 108 valence electrons. The fourth-order valence-electron chi connectivity index (χ4n) is 2.22. The Labute approximate surface area is 127 Å². The number of aromatic nitrogens is 1. The normalized spacial score (nSPS) is 17.6. The van der Waals surface area contributed by atoms with Crippen LogP contribution in [0.5, 0.6) is 0 Å². The number of hydrogen-bond acceptors (Lipinski definition) is 4. The molecule has 0 fully saturated rings. The predicted octanol–water partition coefficient (Wildman–Crippen LogP) is 2.34. The maximum atomic E-state index is 12.0. The number of rotatable bonds is 4. The lowest BCUT2D eigenvalue weighted by Crippen LogP contribution is -2.45. The van der Waals surface area contributed by atoms with Crippen LogP contribution in [-0.2, 0) is 11.3 Å². The van der Waals surface area contributed by atoms with Gasteiger partial charge in [0, 0.05) is 12.7 Å². The van der Waals surface area contributed by atoms with E-state index in [0.717, 1.165) is 28.4 Å². The average Bonchev–Trinajstić information content (AvgIpc) is 3.03. The molecule has 0 radical (unpaired) electrons. The summed E-state index contributed by atoms with van der Waals surface area (Å²) in [5.41, 5.74) is 1.16. The molecule has 1 atom stereocenters. The van der Waals surface area contributed by atoms with Gasteiger partial charge in [-0.2, -0.15) is 0 Å². The van der Waals surface area contributed by atoms with Crippen LogP contribution in [-0.4, -0.2) is 23.5 Å². The van der Waals surface area contributed by atoms with E-state index in [0.29, 0.717) is 6.54 Å². The zero-order chi connectivity index (χ0) is 14.5. The van der Waals surface area contributed by atoms with Gasteiger partial charge in [0.2, 0.25) is 5.91 Å². The molecule has 0 saturated heterocycles. The minimum Gasteiger partial charge on any atom is -0.348 e. The van der Waals surface area contributed by atoms with Crippen molar-refractivity contribution in [2.45, 2.75) is 19.0 Å². The molecule has 0 spiro atoms. The molecular weight excluding hydrogens is 282 g/mol. The molecule has 3 rings (SSSR count). The lowest BCUT2D eigenvalue weighted by Gasteiger charge is -2.18. The summed E-state index contributed by atoms with van der Waals surface area (Å²) in [6.07, 6.45) is 6.69. The predicted molar refractivity (Wildman–Crippen MR) is 84.9 cm³/mol. The van der Waals surface area contributed by atoms with Crippen LogP contribution in [0.4, 0.5) is 0 Å². The lowest BCUT2D eigenvalue weighted by molar-refractivity contribution is -0.123. The maximum Gasteiger partial charge on any atom is 0.237 e. The van der Waals surface area contributed by atoms with Gasteiger partial charge in [-0.3, -0.25) is 4.79 Å². The van der Waals surface area contributed by atoms with E-state index in [-0.39, 0.29) is 11.9 Å². The lowest BCUT2D eigenvalue weighted by atomic mass is 10.1. The molecular formula is C16H17N3OS.